The molecule has 0 radical (unpaired) electrons. The molecule has 7 nitrogen and oxygen atoms in total. The third kappa shape index (κ3) is 4.54. The summed E-state index contributed by atoms with van der Waals surface area (Å²) in [5, 5.41) is 10.5. The lowest BCUT2D eigenvalue weighted by Crippen LogP contribution is -2.17. The Bertz CT molecular complexity index is 996. The topological polar surface area (TPSA) is 98.7 Å². The van der Waals surface area contributed by atoms with Gasteiger partial charge >= 0.3 is 6.18 Å². The van der Waals surface area contributed by atoms with Crippen molar-refractivity contribution >= 4 is 35.0 Å². The summed E-state index contributed by atoms with van der Waals surface area (Å²) in [7, 11) is 0. The van der Waals surface area contributed by atoms with Gasteiger partial charge in [0.05, 0.1) is 22.0 Å². The Kier molecular flexibility index (Phi) is 5.75. The van der Waals surface area contributed by atoms with E-state index >= 15 is 0 Å². The van der Waals surface area contributed by atoms with Gasteiger partial charge in [0.1, 0.15) is 0 Å². The molecule has 0 saturated carbocycles. The fraction of sp³-hybridized carbons (Fsp3) is 0.125. The molecule has 28 heavy (non-hydrogen) atoms. The smallest absolute Gasteiger partial charge is 0.335 e. The first-order valence-corrected chi connectivity index (χ1v) is 9.02. The molecule has 0 spiro atoms. The van der Waals surface area contributed by atoms with Crippen LogP contribution in [0.15, 0.2) is 47.9 Å². The molecular formula is C16H12ClF3N6OS. The molecule has 146 valence electrons. The summed E-state index contributed by atoms with van der Waals surface area (Å²) in [4.78, 5) is 16.0. The molecular weight excluding hydrogens is 417 g/mol. The summed E-state index contributed by atoms with van der Waals surface area (Å²) in [6, 6.07) is 6.08. The maximum Gasteiger partial charge on any atom is 0.416 e. The minimum atomic E-state index is -4.54. The quantitative estimate of drug-likeness (QED) is 0.477. The van der Waals surface area contributed by atoms with Crippen LogP contribution in [0.4, 0.5) is 18.9 Å². The van der Waals surface area contributed by atoms with Crippen LogP contribution in [0.1, 0.15) is 5.56 Å². The first-order valence-electron chi connectivity index (χ1n) is 7.66. The number of nitrogens with one attached hydrogen (secondary N) is 1. The highest BCUT2D eigenvalue weighted by Crippen LogP contribution is 2.34. The highest BCUT2D eigenvalue weighted by atomic mass is 35.5. The largest absolute Gasteiger partial charge is 0.416 e. The van der Waals surface area contributed by atoms with Gasteiger partial charge in [0, 0.05) is 18.0 Å². The van der Waals surface area contributed by atoms with E-state index in [4.69, 9.17) is 17.4 Å². The molecule has 1 amide bonds. The third-order valence-electron chi connectivity index (χ3n) is 3.50. The molecule has 0 fully saturated rings. The van der Waals surface area contributed by atoms with E-state index in [-0.39, 0.29) is 21.6 Å². The lowest BCUT2D eigenvalue weighted by Gasteiger charge is -2.11. The van der Waals surface area contributed by atoms with E-state index in [0.29, 0.717) is 11.4 Å². The lowest BCUT2D eigenvalue weighted by atomic mass is 10.2. The second-order valence-corrected chi connectivity index (χ2v) is 6.79. The molecule has 0 atom stereocenters. The molecule has 0 saturated heterocycles. The number of aromatic nitrogens is 4. The number of alkyl halides is 3. The van der Waals surface area contributed by atoms with Crippen molar-refractivity contribution in [3.63, 3.8) is 0 Å². The number of nitrogens with two attached hydrogens (primary N) is 1. The highest BCUT2D eigenvalue weighted by molar-refractivity contribution is 7.99. The molecule has 0 aliphatic heterocycles. The van der Waals surface area contributed by atoms with E-state index < -0.39 is 17.6 Å². The Balaban J connectivity index is 1.67. The zero-order valence-corrected chi connectivity index (χ0v) is 15.5. The van der Waals surface area contributed by atoms with E-state index in [0.717, 1.165) is 30.0 Å². The number of carbonyl (C=O) groups excluding carboxylic acids is 1. The molecule has 3 N–H and O–H groups in total. The van der Waals surface area contributed by atoms with Crippen LogP contribution in [-0.2, 0) is 11.0 Å². The number of benzene rings is 1. The maximum atomic E-state index is 12.8. The Morgan fingerprint density at radius 2 is 1.93 bits per heavy atom. The molecule has 0 aliphatic carbocycles. The number of carbonyl (C=O) groups is 1. The number of amides is 1. The van der Waals surface area contributed by atoms with Gasteiger partial charge in [-0.25, -0.2) is 4.68 Å². The minimum absolute atomic E-state index is 0.00619. The summed E-state index contributed by atoms with van der Waals surface area (Å²) in [6.07, 6.45) is -1.40. The molecule has 0 aliphatic rings. The van der Waals surface area contributed by atoms with Crippen molar-refractivity contribution in [2.24, 2.45) is 0 Å². The van der Waals surface area contributed by atoms with Gasteiger partial charge in [-0.1, -0.05) is 23.4 Å². The average molecular weight is 429 g/mol. The van der Waals surface area contributed by atoms with Crippen LogP contribution < -0.4 is 11.2 Å². The van der Waals surface area contributed by atoms with Crippen LogP contribution in [0.2, 0.25) is 5.02 Å². The number of halogens is 4. The normalized spacial score (nSPS) is 11.4. The van der Waals surface area contributed by atoms with Crippen molar-refractivity contribution in [3.05, 3.63) is 53.3 Å². The number of anilines is 1. The van der Waals surface area contributed by atoms with Crippen LogP contribution in [0, 0.1) is 0 Å². The molecule has 0 unspecified atom stereocenters. The van der Waals surface area contributed by atoms with Gasteiger partial charge in [-0.2, -0.15) is 13.2 Å². The van der Waals surface area contributed by atoms with E-state index in [1.165, 1.54) is 4.68 Å². The molecule has 1 aromatic carbocycles. The van der Waals surface area contributed by atoms with Gasteiger partial charge in [0.25, 0.3) is 0 Å². The molecule has 12 heteroatoms. The van der Waals surface area contributed by atoms with Crippen LogP contribution in [0.25, 0.3) is 11.4 Å². The summed E-state index contributed by atoms with van der Waals surface area (Å²) < 4.78 is 39.6. The molecule has 2 heterocycles. The number of hydrogen-bond donors (Lipinski definition) is 2. The SMILES string of the molecule is Nn1c(SCC(=O)Nc2cc(C(F)(F)F)ccc2Cl)nnc1-c1ccncc1. The zero-order valence-electron chi connectivity index (χ0n) is 13.9. The van der Waals surface area contributed by atoms with Gasteiger partial charge in [-0.15, -0.1) is 10.2 Å². The third-order valence-corrected chi connectivity index (χ3v) is 4.78. The Hall–Kier alpha value is -2.79. The van der Waals surface area contributed by atoms with Gasteiger partial charge in [0.15, 0.2) is 5.82 Å². The van der Waals surface area contributed by atoms with E-state index in [1.54, 1.807) is 24.5 Å². The zero-order chi connectivity index (χ0) is 20.3. The van der Waals surface area contributed by atoms with Gasteiger partial charge in [0.2, 0.25) is 11.1 Å². The predicted molar refractivity (Wildman–Crippen MR) is 99.2 cm³/mol. The van der Waals surface area contributed by atoms with Crippen molar-refractivity contribution in [2.45, 2.75) is 11.3 Å². The van der Waals surface area contributed by atoms with Crippen molar-refractivity contribution in [3.8, 4) is 11.4 Å². The van der Waals surface area contributed by atoms with Gasteiger partial charge < -0.3 is 11.2 Å². The van der Waals surface area contributed by atoms with Crippen LogP contribution >= 0.6 is 23.4 Å². The van der Waals surface area contributed by atoms with Crippen LogP contribution in [0.5, 0.6) is 0 Å². The lowest BCUT2D eigenvalue weighted by molar-refractivity contribution is -0.137. The monoisotopic (exact) mass is 428 g/mol. The van der Waals surface area contributed by atoms with Gasteiger partial charge in [-0.05, 0) is 30.3 Å². The Labute approximate surface area is 166 Å². The molecule has 2 aromatic heterocycles. The first-order chi connectivity index (χ1) is 13.3. The first kappa shape index (κ1) is 20.0. The standard InChI is InChI=1S/C16H12ClF3N6OS/c17-11-2-1-10(16(18,19)20)7-12(11)23-13(27)8-28-15-25-24-14(26(15)21)9-3-5-22-6-4-9/h1-7H,8,21H2,(H,23,27). The highest BCUT2D eigenvalue weighted by Gasteiger charge is 2.31. The molecule has 3 rings (SSSR count). The van der Waals surface area contributed by atoms with Gasteiger partial charge in [-0.3, -0.25) is 9.78 Å². The van der Waals surface area contributed by atoms with E-state index in [1.807, 2.05) is 0 Å². The minimum Gasteiger partial charge on any atom is -0.335 e. The summed E-state index contributed by atoms with van der Waals surface area (Å²) in [5.41, 5.74) is -0.352. The van der Waals surface area contributed by atoms with Crippen molar-refractivity contribution in [1.29, 1.82) is 0 Å². The number of nitrogens with zero attached hydrogens (tertiary/aromatic N) is 4. The van der Waals surface area contributed by atoms with E-state index in [2.05, 4.69) is 20.5 Å². The maximum absolute atomic E-state index is 12.8. The number of pyridine rings is 1. The fourth-order valence-electron chi connectivity index (χ4n) is 2.19. The number of nitrogen functional groups attached to an aromatic ring is 1. The van der Waals surface area contributed by atoms with Crippen molar-refractivity contribution in [2.75, 3.05) is 16.9 Å². The Morgan fingerprint density at radius 1 is 1.21 bits per heavy atom. The van der Waals surface area contributed by atoms with Crippen molar-refractivity contribution < 1.29 is 18.0 Å². The van der Waals surface area contributed by atoms with Crippen LogP contribution in [-0.4, -0.2) is 31.5 Å². The second kappa shape index (κ2) is 8.07. The number of thioether (sulfide) groups is 1. The molecule has 3 aromatic rings. The van der Waals surface area contributed by atoms with E-state index in [9.17, 15) is 18.0 Å². The second-order valence-electron chi connectivity index (χ2n) is 5.44. The Morgan fingerprint density at radius 3 is 2.61 bits per heavy atom. The average Bonchev–Trinajstić information content (AvgIpc) is 3.02. The van der Waals surface area contributed by atoms with Crippen molar-refractivity contribution in [1.82, 2.24) is 19.9 Å². The number of rotatable bonds is 5. The summed E-state index contributed by atoms with van der Waals surface area (Å²) in [6.45, 7) is 0. The summed E-state index contributed by atoms with van der Waals surface area (Å²) in [5.74, 6) is 5.60. The number of hydrogen-bond acceptors (Lipinski definition) is 6. The predicted octanol–water partition coefficient (Wildman–Crippen LogP) is 3.46. The molecule has 0 bridgehead atoms. The van der Waals surface area contributed by atoms with Crippen LogP contribution in [0.3, 0.4) is 0 Å². The fourth-order valence-corrected chi connectivity index (χ4v) is 3.01. The summed E-state index contributed by atoms with van der Waals surface area (Å²) >= 11 is 6.84.